The minimum absolute atomic E-state index is 0.131. The topological polar surface area (TPSA) is 64.3 Å². The fourth-order valence-electron chi connectivity index (χ4n) is 2.34. The van der Waals surface area contributed by atoms with Crippen LogP contribution in [0.15, 0.2) is 18.2 Å². The van der Waals surface area contributed by atoms with Crippen molar-refractivity contribution in [3.63, 3.8) is 0 Å². The maximum atomic E-state index is 10.5. The van der Waals surface area contributed by atoms with Gasteiger partial charge in [0.05, 0.1) is 11.6 Å². The van der Waals surface area contributed by atoms with E-state index in [4.69, 9.17) is 10.4 Å². The minimum Gasteiger partial charge on any atom is -0.481 e. The summed E-state index contributed by atoms with van der Waals surface area (Å²) in [7, 11) is 0. The van der Waals surface area contributed by atoms with Crippen LogP contribution in [0.4, 0.5) is 0 Å². The number of hydrogen-bond donors (Lipinski definition) is 1. The quantitative estimate of drug-likeness (QED) is 0.824. The highest BCUT2D eigenvalue weighted by Gasteiger charge is 2.09. The summed E-state index contributed by atoms with van der Waals surface area (Å²) in [6.45, 7) is 14.2. The van der Waals surface area contributed by atoms with Gasteiger partial charge < -0.3 is 10.0 Å². The van der Waals surface area contributed by atoms with Crippen LogP contribution < -0.4 is 0 Å². The van der Waals surface area contributed by atoms with Crippen molar-refractivity contribution in [3.05, 3.63) is 34.9 Å². The summed E-state index contributed by atoms with van der Waals surface area (Å²) in [5.74, 6) is -0.490. The normalized spacial score (nSPS) is 10.2. The van der Waals surface area contributed by atoms with Gasteiger partial charge in [0, 0.05) is 6.42 Å². The van der Waals surface area contributed by atoms with Crippen LogP contribution in [0.3, 0.4) is 0 Å². The van der Waals surface area contributed by atoms with Crippen LogP contribution >= 0.6 is 0 Å². The number of nitrogens with zero attached hydrogens (tertiary/aromatic N) is 2. The second-order valence-corrected chi connectivity index (χ2v) is 5.69. The number of rotatable bonds is 7. The predicted molar refractivity (Wildman–Crippen MR) is 94.7 cm³/mol. The Labute approximate surface area is 140 Å². The Morgan fingerprint density at radius 1 is 1.22 bits per heavy atom. The van der Waals surface area contributed by atoms with Gasteiger partial charge >= 0.3 is 5.97 Å². The lowest BCUT2D eigenvalue weighted by atomic mass is 9.93. The summed E-state index contributed by atoms with van der Waals surface area (Å²) < 4.78 is 0. The van der Waals surface area contributed by atoms with Crippen LogP contribution in [0.25, 0.3) is 0 Å². The highest BCUT2D eigenvalue weighted by atomic mass is 16.4. The van der Waals surface area contributed by atoms with Crippen LogP contribution in [-0.2, 0) is 11.2 Å². The molecule has 1 rings (SSSR count). The molecule has 128 valence electrons. The number of nitriles is 1. The first-order chi connectivity index (χ1) is 10.9. The molecule has 0 heterocycles. The van der Waals surface area contributed by atoms with Gasteiger partial charge in [0.15, 0.2) is 0 Å². The number of hydrogen-bond acceptors (Lipinski definition) is 3. The van der Waals surface area contributed by atoms with Gasteiger partial charge in [-0.1, -0.05) is 40.7 Å². The first-order valence-electron chi connectivity index (χ1n) is 8.36. The molecule has 4 nitrogen and oxygen atoms in total. The van der Waals surface area contributed by atoms with E-state index in [0.717, 1.165) is 11.1 Å². The molecule has 0 bridgehead atoms. The Morgan fingerprint density at radius 3 is 2.13 bits per heavy atom. The number of benzene rings is 1. The molecule has 0 saturated carbocycles. The van der Waals surface area contributed by atoms with E-state index >= 15 is 0 Å². The molecular formula is C19H30N2O2. The highest BCUT2D eigenvalue weighted by Crippen LogP contribution is 2.22. The molecule has 0 radical (unpaired) electrons. The van der Waals surface area contributed by atoms with E-state index in [-0.39, 0.29) is 6.42 Å². The SMILES string of the molecule is CC(C)c1cc(C#N)ccc1CCC(=O)O.CCN(CC)CC. The number of carbonyl (C=O) groups is 1. The Kier molecular flexibility index (Phi) is 10.7. The zero-order chi connectivity index (χ0) is 17.8. The summed E-state index contributed by atoms with van der Waals surface area (Å²) in [5, 5.41) is 17.5. The average molecular weight is 318 g/mol. The summed E-state index contributed by atoms with van der Waals surface area (Å²) in [4.78, 5) is 12.9. The first-order valence-corrected chi connectivity index (χ1v) is 8.36. The van der Waals surface area contributed by atoms with E-state index in [1.54, 1.807) is 6.07 Å². The fraction of sp³-hybridized carbons (Fsp3) is 0.579. The van der Waals surface area contributed by atoms with E-state index in [2.05, 4.69) is 31.7 Å². The van der Waals surface area contributed by atoms with Crippen LogP contribution in [-0.4, -0.2) is 35.6 Å². The Balaban J connectivity index is 0.000000585. The molecule has 1 aromatic carbocycles. The lowest BCUT2D eigenvalue weighted by Crippen LogP contribution is -2.21. The molecule has 0 aliphatic carbocycles. The van der Waals surface area contributed by atoms with E-state index < -0.39 is 5.97 Å². The molecule has 0 unspecified atom stereocenters. The van der Waals surface area contributed by atoms with Crippen molar-refractivity contribution in [2.24, 2.45) is 0 Å². The molecule has 1 aromatic rings. The third-order valence-electron chi connectivity index (χ3n) is 3.85. The van der Waals surface area contributed by atoms with Crippen molar-refractivity contribution in [1.29, 1.82) is 5.26 Å². The summed E-state index contributed by atoms with van der Waals surface area (Å²) in [5.41, 5.74) is 2.72. The van der Waals surface area contributed by atoms with E-state index in [9.17, 15) is 4.79 Å². The smallest absolute Gasteiger partial charge is 0.303 e. The summed E-state index contributed by atoms with van der Waals surface area (Å²) in [6, 6.07) is 7.54. The van der Waals surface area contributed by atoms with Gasteiger partial charge in [-0.2, -0.15) is 5.26 Å². The van der Waals surface area contributed by atoms with Gasteiger partial charge in [-0.25, -0.2) is 0 Å². The van der Waals surface area contributed by atoms with Crippen LogP contribution in [0.1, 0.15) is 63.6 Å². The zero-order valence-electron chi connectivity index (χ0n) is 15.1. The molecular weight excluding hydrogens is 288 g/mol. The average Bonchev–Trinajstić information content (AvgIpc) is 2.54. The van der Waals surface area contributed by atoms with Crippen molar-refractivity contribution >= 4 is 5.97 Å². The van der Waals surface area contributed by atoms with Gasteiger partial charge in [0.25, 0.3) is 0 Å². The van der Waals surface area contributed by atoms with Crippen LogP contribution in [0, 0.1) is 11.3 Å². The van der Waals surface area contributed by atoms with E-state index in [1.165, 1.54) is 19.6 Å². The van der Waals surface area contributed by atoms with Crippen molar-refractivity contribution in [1.82, 2.24) is 4.90 Å². The second kappa shape index (κ2) is 11.7. The van der Waals surface area contributed by atoms with Crippen LogP contribution in [0.5, 0.6) is 0 Å². The molecule has 0 spiro atoms. The van der Waals surface area contributed by atoms with Crippen molar-refractivity contribution < 1.29 is 9.90 Å². The molecule has 23 heavy (non-hydrogen) atoms. The van der Waals surface area contributed by atoms with Crippen molar-refractivity contribution in [2.45, 2.75) is 53.4 Å². The molecule has 0 atom stereocenters. The van der Waals surface area contributed by atoms with E-state index in [1.807, 2.05) is 26.0 Å². The molecule has 0 aromatic heterocycles. The third-order valence-corrected chi connectivity index (χ3v) is 3.85. The predicted octanol–water partition coefficient (Wildman–Crippen LogP) is 4.05. The minimum atomic E-state index is -0.793. The van der Waals surface area contributed by atoms with Gasteiger partial charge in [-0.15, -0.1) is 0 Å². The van der Waals surface area contributed by atoms with E-state index in [0.29, 0.717) is 17.9 Å². The highest BCUT2D eigenvalue weighted by molar-refractivity contribution is 5.67. The van der Waals surface area contributed by atoms with Gasteiger partial charge in [-0.05, 0) is 55.2 Å². The van der Waals surface area contributed by atoms with Gasteiger partial charge in [-0.3, -0.25) is 4.79 Å². The molecule has 0 aliphatic rings. The largest absolute Gasteiger partial charge is 0.481 e. The lowest BCUT2D eigenvalue weighted by Gasteiger charge is -2.13. The zero-order valence-corrected chi connectivity index (χ0v) is 15.1. The fourth-order valence-corrected chi connectivity index (χ4v) is 2.34. The monoisotopic (exact) mass is 318 g/mol. The Morgan fingerprint density at radius 2 is 1.78 bits per heavy atom. The lowest BCUT2D eigenvalue weighted by molar-refractivity contribution is -0.136. The molecule has 1 N–H and O–H groups in total. The van der Waals surface area contributed by atoms with Gasteiger partial charge in [0.1, 0.15) is 0 Å². The standard InChI is InChI=1S/C13H15NO2.C6H15N/c1-9(2)12-7-10(8-14)3-4-11(12)5-6-13(15)16;1-4-7(5-2)6-3/h3-4,7,9H,5-6H2,1-2H3,(H,15,16);4-6H2,1-3H3. The van der Waals surface area contributed by atoms with Gasteiger partial charge in [0.2, 0.25) is 0 Å². The number of aliphatic carboxylic acids is 1. The molecule has 0 amide bonds. The molecule has 0 aliphatic heterocycles. The summed E-state index contributed by atoms with van der Waals surface area (Å²) >= 11 is 0. The summed E-state index contributed by atoms with van der Waals surface area (Å²) in [6.07, 6.45) is 0.653. The number of carboxylic acid groups (broad SMARTS) is 1. The maximum Gasteiger partial charge on any atom is 0.303 e. The first kappa shape index (κ1) is 21.1. The molecule has 0 saturated heterocycles. The Hall–Kier alpha value is -1.86. The van der Waals surface area contributed by atoms with Crippen molar-refractivity contribution in [3.8, 4) is 6.07 Å². The maximum absolute atomic E-state index is 10.5. The Bertz CT molecular complexity index is 509. The molecule has 4 heteroatoms. The second-order valence-electron chi connectivity index (χ2n) is 5.69. The van der Waals surface area contributed by atoms with Crippen molar-refractivity contribution in [2.75, 3.05) is 19.6 Å². The molecule has 0 fully saturated rings. The third kappa shape index (κ3) is 8.37. The van der Waals surface area contributed by atoms with Crippen LogP contribution in [0.2, 0.25) is 0 Å². The number of aryl methyl sites for hydroxylation is 1. The number of carboxylic acids is 1.